The molecule has 2 rings (SSSR count). The van der Waals surface area contributed by atoms with Crippen molar-refractivity contribution in [2.24, 2.45) is 0 Å². The van der Waals surface area contributed by atoms with Crippen LogP contribution in [0.1, 0.15) is 32.1 Å². The highest BCUT2D eigenvalue weighted by molar-refractivity contribution is 5.20. The van der Waals surface area contributed by atoms with Crippen molar-refractivity contribution in [3.63, 3.8) is 0 Å². The van der Waals surface area contributed by atoms with E-state index in [1.165, 1.54) is 32.1 Å². The van der Waals surface area contributed by atoms with E-state index in [4.69, 9.17) is 4.74 Å². The number of para-hydroxylation sites is 1. The van der Waals surface area contributed by atoms with Crippen LogP contribution in [0.3, 0.4) is 0 Å². The predicted molar refractivity (Wildman–Crippen MR) is 71.6 cm³/mol. The molecular formula is C15H24NO2+. The monoisotopic (exact) mass is 250 g/mol. The third-order valence-electron chi connectivity index (χ3n) is 3.58. The van der Waals surface area contributed by atoms with Gasteiger partial charge < -0.3 is 15.2 Å². The first-order valence-corrected chi connectivity index (χ1v) is 7.04. The van der Waals surface area contributed by atoms with Crippen molar-refractivity contribution >= 4 is 0 Å². The highest BCUT2D eigenvalue weighted by Crippen LogP contribution is 2.14. The van der Waals surface area contributed by atoms with Gasteiger partial charge in [0.05, 0.1) is 6.04 Å². The molecule has 0 unspecified atom stereocenters. The van der Waals surface area contributed by atoms with E-state index in [2.05, 4.69) is 5.32 Å². The molecule has 1 saturated carbocycles. The van der Waals surface area contributed by atoms with Gasteiger partial charge in [-0.05, 0) is 37.8 Å². The number of hydrogen-bond donors (Lipinski definition) is 2. The molecule has 1 aromatic carbocycles. The number of quaternary nitrogens is 1. The Morgan fingerprint density at radius 3 is 2.61 bits per heavy atom. The molecule has 100 valence electrons. The van der Waals surface area contributed by atoms with Crippen LogP contribution in [0.25, 0.3) is 0 Å². The minimum absolute atomic E-state index is 0.382. The Morgan fingerprint density at radius 2 is 1.89 bits per heavy atom. The van der Waals surface area contributed by atoms with Crippen LogP contribution in [0.5, 0.6) is 5.75 Å². The van der Waals surface area contributed by atoms with Crippen molar-refractivity contribution in [2.45, 2.75) is 44.2 Å². The van der Waals surface area contributed by atoms with Crippen molar-refractivity contribution < 1.29 is 15.2 Å². The zero-order valence-electron chi connectivity index (χ0n) is 10.9. The predicted octanol–water partition coefficient (Wildman–Crippen LogP) is 1.32. The maximum absolute atomic E-state index is 9.88. The number of rotatable bonds is 6. The summed E-state index contributed by atoms with van der Waals surface area (Å²) in [6, 6.07) is 10.4. The van der Waals surface area contributed by atoms with E-state index in [9.17, 15) is 5.11 Å². The Kier molecular flexibility index (Phi) is 5.49. The second-order valence-electron chi connectivity index (χ2n) is 5.15. The van der Waals surface area contributed by atoms with Gasteiger partial charge in [0.25, 0.3) is 0 Å². The van der Waals surface area contributed by atoms with Crippen molar-refractivity contribution in [3.05, 3.63) is 30.3 Å². The lowest BCUT2D eigenvalue weighted by Crippen LogP contribution is -2.92. The first-order valence-electron chi connectivity index (χ1n) is 7.04. The van der Waals surface area contributed by atoms with Gasteiger partial charge in [0, 0.05) is 0 Å². The summed E-state index contributed by atoms with van der Waals surface area (Å²) in [5.41, 5.74) is 0. The molecule has 0 aromatic heterocycles. The van der Waals surface area contributed by atoms with Crippen LogP contribution in [0.15, 0.2) is 30.3 Å². The van der Waals surface area contributed by atoms with Crippen molar-refractivity contribution in [1.82, 2.24) is 0 Å². The summed E-state index contributed by atoms with van der Waals surface area (Å²) in [6.07, 6.45) is 6.28. The number of aliphatic hydroxyl groups is 1. The van der Waals surface area contributed by atoms with E-state index in [0.29, 0.717) is 12.6 Å². The van der Waals surface area contributed by atoms with Crippen LogP contribution in [0, 0.1) is 0 Å². The molecular weight excluding hydrogens is 226 g/mol. The number of ether oxygens (including phenoxy) is 1. The highest BCUT2D eigenvalue weighted by Gasteiger charge is 2.17. The van der Waals surface area contributed by atoms with Gasteiger partial charge in [-0.2, -0.15) is 0 Å². The van der Waals surface area contributed by atoms with Crippen LogP contribution in [-0.2, 0) is 0 Å². The maximum atomic E-state index is 9.88. The van der Waals surface area contributed by atoms with Crippen LogP contribution in [-0.4, -0.2) is 30.4 Å². The van der Waals surface area contributed by atoms with Crippen molar-refractivity contribution in [2.75, 3.05) is 13.2 Å². The Hall–Kier alpha value is -1.06. The maximum Gasteiger partial charge on any atom is 0.137 e. The summed E-state index contributed by atoms with van der Waals surface area (Å²) < 4.78 is 5.54. The topological polar surface area (TPSA) is 46.1 Å². The summed E-state index contributed by atoms with van der Waals surface area (Å²) in [5, 5.41) is 12.2. The summed E-state index contributed by atoms with van der Waals surface area (Å²) in [6.45, 7) is 1.13. The van der Waals surface area contributed by atoms with Gasteiger partial charge in [0.15, 0.2) is 0 Å². The van der Waals surface area contributed by atoms with Crippen LogP contribution < -0.4 is 10.1 Å². The molecule has 0 radical (unpaired) electrons. The molecule has 0 saturated heterocycles. The quantitative estimate of drug-likeness (QED) is 0.800. The molecule has 0 amide bonds. The zero-order valence-corrected chi connectivity index (χ0v) is 10.9. The van der Waals surface area contributed by atoms with E-state index in [1.54, 1.807) is 0 Å². The molecule has 3 N–H and O–H groups in total. The van der Waals surface area contributed by atoms with Gasteiger partial charge in [0.1, 0.15) is 25.0 Å². The molecule has 1 aromatic rings. The molecule has 1 fully saturated rings. The summed E-state index contributed by atoms with van der Waals surface area (Å²) in [4.78, 5) is 0. The van der Waals surface area contributed by atoms with Gasteiger partial charge in [0.2, 0.25) is 0 Å². The normalized spacial score (nSPS) is 18.5. The fraction of sp³-hybridized carbons (Fsp3) is 0.600. The average molecular weight is 250 g/mol. The Bertz CT molecular complexity index is 323. The summed E-state index contributed by atoms with van der Waals surface area (Å²) in [5.74, 6) is 0.828. The molecule has 1 aliphatic rings. The fourth-order valence-corrected chi connectivity index (χ4v) is 2.50. The number of benzene rings is 1. The van der Waals surface area contributed by atoms with Gasteiger partial charge in [-0.1, -0.05) is 24.6 Å². The minimum Gasteiger partial charge on any atom is -0.491 e. The van der Waals surface area contributed by atoms with Crippen LogP contribution in [0.2, 0.25) is 0 Å². The molecule has 3 heteroatoms. The number of nitrogens with two attached hydrogens (primary N) is 1. The third-order valence-corrected chi connectivity index (χ3v) is 3.58. The molecule has 1 atom stereocenters. The average Bonchev–Trinajstić information content (AvgIpc) is 2.45. The molecule has 3 nitrogen and oxygen atoms in total. The second kappa shape index (κ2) is 7.39. The third kappa shape index (κ3) is 4.67. The molecule has 1 aliphatic carbocycles. The minimum atomic E-state index is -0.382. The highest BCUT2D eigenvalue weighted by atomic mass is 16.5. The Balaban J connectivity index is 1.61. The largest absolute Gasteiger partial charge is 0.491 e. The van der Waals surface area contributed by atoms with Crippen molar-refractivity contribution in [1.29, 1.82) is 0 Å². The van der Waals surface area contributed by atoms with E-state index in [0.717, 1.165) is 12.3 Å². The molecule has 18 heavy (non-hydrogen) atoms. The van der Waals surface area contributed by atoms with Crippen LogP contribution in [0.4, 0.5) is 0 Å². The molecule has 0 spiro atoms. The lowest BCUT2D eigenvalue weighted by Gasteiger charge is -2.21. The van der Waals surface area contributed by atoms with E-state index < -0.39 is 0 Å². The zero-order chi connectivity index (χ0) is 12.6. The van der Waals surface area contributed by atoms with E-state index >= 15 is 0 Å². The molecule has 0 heterocycles. The lowest BCUT2D eigenvalue weighted by atomic mass is 9.95. The standard InChI is InChI=1S/C15H23NO2/c17-14(11-16-13-7-3-1-4-8-13)12-18-15-9-5-2-6-10-15/h2,5-6,9-10,13-14,16-17H,1,3-4,7-8,11-12H2/p+1/t14-/m0/s1. The smallest absolute Gasteiger partial charge is 0.137 e. The summed E-state index contributed by atoms with van der Waals surface area (Å²) in [7, 11) is 0. The molecule has 0 aliphatic heterocycles. The SMILES string of the molecule is O[C@@H](C[NH2+]C1CCCCC1)COc1ccccc1. The van der Waals surface area contributed by atoms with E-state index in [-0.39, 0.29) is 6.10 Å². The number of hydrogen-bond acceptors (Lipinski definition) is 2. The number of aliphatic hydroxyl groups excluding tert-OH is 1. The fourth-order valence-electron chi connectivity index (χ4n) is 2.50. The summed E-state index contributed by atoms with van der Waals surface area (Å²) >= 11 is 0. The van der Waals surface area contributed by atoms with Gasteiger partial charge in [-0.3, -0.25) is 0 Å². The lowest BCUT2D eigenvalue weighted by molar-refractivity contribution is -0.697. The van der Waals surface area contributed by atoms with Gasteiger partial charge in [-0.15, -0.1) is 0 Å². The van der Waals surface area contributed by atoms with Gasteiger partial charge in [-0.25, -0.2) is 0 Å². The Labute approximate surface area is 109 Å². The second-order valence-corrected chi connectivity index (χ2v) is 5.15. The van der Waals surface area contributed by atoms with Gasteiger partial charge >= 0.3 is 0 Å². The van der Waals surface area contributed by atoms with Crippen molar-refractivity contribution in [3.8, 4) is 5.75 Å². The van der Waals surface area contributed by atoms with E-state index in [1.807, 2.05) is 30.3 Å². The Morgan fingerprint density at radius 1 is 1.17 bits per heavy atom. The first-order chi connectivity index (χ1) is 8.84. The molecule has 0 bridgehead atoms. The van der Waals surface area contributed by atoms with Crippen LogP contribution >= 0.6 is 0 Å². The first kappa shape index (κ1) is 13.4.